The number of pyridine rings is 1. The maximum absolute atomic E-state index is 12.3. The quantitative estimate of drug-likeness (QED) is 0.395. The van der Waals surface area contributed by atoms with E-state index in [0.29, 0.717) is 18.9 Å². The molecule has 0 atom stereocenters. The number of hydrogen-bond donors (Lipinski definition) is 1. The summed E-state index contributed by atoms with van der Waals surface area (Å²) in [6, 6.07) is 15.3. The zero-order valence-corrected chi connectivity index (χ0v) is 20.3. The molecule has 3 aromatic heterocycles. The smallest absolute Gasteiger partial charge is 0.340 e. The summed E-state index contributed by atoms with van der Waals surface area (Å²) in [6.45, 7) is 8.31. The molecule has 4 aromatic rings. The van der Waals surface area contributed by atoms with E-state index in [-0.39, 0.29) is 18.1 Å². The van der Waals surface area contributed by atoms with E-state index in [0.717, 1.165) is 33.9 Å². The minimum atomic E-state index is -0.615. The number of benzene rings is 1. The molecule has 0 aliphatic heterocycles. The lowest BCUT2D eigenvalue weighted by atomic mass is 10.2. The van der Waals surface area contributed by atoms with Crippen molar-refractivity contribution < 1.29 is 14.3 Å². The van der Waals surface area contributed by atoms with Gasteiger partial charge in [-0.05, 0) is 51.5 Å². The van der Waals surface area contributed by atoms with Gasteiger partial charge in [0.1, 0.15) is 0 Å². The predicted molar refractivity (Wildman–Crippen MR) is 130 cm³/mol. The summed E-state index contributed by atoms with van der Waals surface area (Å²) in [6.07, 6.45) is 1.42. The lowest BCUT2D eigenvalue weighted by Crippen LogP contribution is -2.28. The van der Waals surface area contributed by atoms with Crippen molar-refractivity contribution in [3.63, 3.8) is 0 Å². The van der Waals surface area contributed by atoms with Gasteiger partial charge in [-0.1, -0.05) is 30.3 Å². The Morgan fingerprint density at radius 1 is 1.00 bits per heavy atom. The maximum atomic E-state index is 12.3. The highest BCUT2D eigenvalue weighted by Crippen LogP contribution is 2.15. The van der Waals surface area contributed by atoms with E-state index >= 15 is 0 Å². The molecule has 0 spiro atoms. The number of amides is 1. The monoisotopic (exact) mass is 472 g/mol. The first-order valence-electron chi connectivity index (χ1n) is 11.3. The number of nitrogens with zero attached hydrogens (tertiary/aromatic N) is 5. The van der Waals surface area contributed by atoms with E-state index in [9.17, 15) is 9.59 Å². The van der Waals surface area contributed by atoms with Gasteiger partial charge in [0.15, 0.2) is 12.4 Å². The van der Waals surface area contributed by atoms with Gasteiger partial charge in [-0.3, -0.25) is 9.48 Å². The molecule has 0 aliphatic carbocycles. The Kier molecular flexibility index (Phi) is 7.05. The fourth-order valence-electron chi connectivity index (χ4n) is 3.85. The molecule has 0 aliphatic rings. The van der Waals surface area contributed by atoms with E-state index < -0.39 is 5.97 Å². The van der Waals surface area contributed by atoms with Crippen molar-refractivity contribution in [2.24, 2.45) is 0 Å². The number of hydrogen-bond acceptors (Lipinski definition) is 6. The van der Waals surface area contributed by atoms with E-state index in [1.54, 1.807) is 16.8 Å². The first kappa shape index (κ1) is 23.9. The molecular weight excluding hydrogens is 444 g/mol. The zero-order chi connectivity index (χ0) is 24.9. The van der Waals surface area contributed by atoms with Gasteiger partial charge >= 0.3 is 5.97 Å². The van der Waals surface area contributed by atoms with Gasteiger partial charge in [-0.2, -0.15) is 10.2 Å². The van der Waals surface area contributed by atoms with Gasteiger partial charge in [0.05, 0.1) is 23.5 Å². The molecule has 0 saturated heterocycles. The zero-order valence-electron chi connectivity index (χ0n) is 20.3. The highest BCUT2D eigenvalue weighted by molar-refractivity contribution is 5.91. The predicted octanol–water partition coefficient (Wildman–Crippen LogP) is 3.22. The van der Waals surface area contributed by atoms with Gasteiger partial charge in [-0.15, -0.1) is 0 Å². The Hall–Kier alpha value is -4.27. The Morgan fingerprint density at radius 3 is 2.43 bits per heavy atom. The molecule has 1 amide bonds. The van der Waals surface area contributed by atoms with E-state index in [1.807, 2.05) is 56.6 Å². The fraction of sp³-hybridized carbons (Fsp3) is 0.269. The van der Waals surface area contributed by atoms with Crippen LogP contribution in [0.15, 0.2) is 54.7 Å². The van der Waals surface area contributed by atoms with Gasteiger partial charge in [-0.25, -0.2) is 14.5 Å². The van der Waals surface area contributed by atoms with Crippen LogP contribution < -0.4 is 5.32 Å². The third kappa shape index (κ3) is 5.63. The molecule has 1 aromatic carbocycles. The molecule has 0 saturated carbocycles. The molecule has 3 heterocycles. The summed E-state index contributed by atoms with van der Waals surface area (Å²) in [5.74, 6) is -0.403. The van der Waals surface area contributed by atoms with Crippen LogP contribution in [0.3, 0.4) is 0 Å². The standard InChI is InChI=1S/C26H28N6O3/c1-17-12-18(2)32(29-17)24-11-10-22(13-27-24)26(34)35-16-25(33)28-14-23-19(3)30-31(20(23)4)15-21-8-6-5-7-9-21/h5-13H,14-16H2,1-4H3,(H,28,33). The van der Waals surface area contributed by atoms with Crippen molar-refractivity contribution in [1.29, 1.82) is 0 Å². The van der Waals surface area contributed by atoms with Gasteiger partial charge in [0.25, 0.3) is 5.91 Å². The minimum Gasteiger partial charge on any atom is -0.452 e. The van der Waals surface area contributed by atoms with Gasteiger partial charge in [0.2, 0.25) is 0 Å². The SMILES string of the molecule is Cc1cc(C)n(-c2ccc(C(=O)OCC(=O)NCc3c(C)nn(Cc4ccccc4)c3C)cn2)n1. The van der Waals surface area contributed by atoms with E-state index in [2.05, 4.69) is 32.6 Å². The average Bonchev–Trinajstić information content (AvgIpc) is 3.33. The topological polar surface area (TPSA) is 104 Å². The molecular formula is C26H28N6O3. The minimum absolute atomic E-state index is 0.261. The number of aryl methyl sites for hydroxylation is 3. The molecule has 9 nitrogen and oxygen atoms in total. The highest BCUT2D eigenvalue weighted by atomic mass is 16.5. The molecule has 0 radical (unpaired) electrons. The lowest BCUT2D eigenvalue weighted by Gasteiger charge is -2.08. The Labute approximate surface area is 203 Å². The number of aromatic nitrogens is 5. The second-order valence-corrected chi connectivity index (χ2v) is 8.39. The van der Waals surface area contributed by atoms with Crippen LogP contribution in [0.1, 0.15) is 44.3 Å². The van der Waals surface area contributed by atoms with Crippen LogP contribution in [0.4, 0.5) is 0 Å². The highest BCUT2D eigenvalue weighted by Gasteiger charge is 2.15. The number of ether oxygens (including phenoxy) is 1. The van der Waals surface area contributed by atoms with Crippen LogP contribution >= 0.6 is 0 Å². The number of rotatable bonds is 8. The Bertz CT molecular complexity index is 1340. The van der Waals surface area contributed by atoms with Crippen molar-refractivity contribution in [1.82, 2.24) is 29.9 Å². The van der Waals surface area contributed by atoms with E-state index in [1.165, 1.54) is 6.20 Å². The number of nitrogens with one attached hydrogen (secondary N) is 1. The first-order chi connectivity index (χ1) is 16.8. The third-order valence-corrected chi connectivity index (χ3v) is 5.71. The molecule has 35 heavy (non-hydrogen) atoms. The average molecular weight is 473 g/mol. The van der Waals surface area contributed by atoms with Crippen molar-refractivity contribution in [2.45, 2.75) is 40.8 Å². The van der Waals surface area contributed by atoms with Crippen molar-refractivity contribution in [3.8, 4) is 5.82 Å². The van der Waals surface area contributed by atoms with Crippen molar-refractivity contribution >= 4 is 11.9 Å². The second-order valence-electron chi connectivity index (χ2n) is 8.39. The molecule has 180 valence electrons. The fourth-order valence-corrected chi connectivity index (χ4v) is 3.85. The Morgan fingerprint density at radius 2 is 1.77 bits per heavy atom. The van der Waals surface area contributed by atoms with Crippen LogP contribution in [0.2, 0.25) is 0 Å². The van der Waals surface area contributed by atoms with E-state index in [4.69, 9.17) is 4.74 Å². The first-order valence-corrected chi connectivity index (χ1v) is 11.3. The van der Waals surface area contributed by atoms with Crippen LogP contribution in [0, 0.1) is 27.7 Å². The largest absolute Gasteiger partial charge is 0.452 e. The van der Waals surface area contributed by atoms with Crippen LogP contribution in [0.25, 0.3) is 5.82 Å². The third-order valence-electron chi connectivity index (χ3n) is 5.71. The van der Waals surface area contributed by atoms with Crippen LogP contribution in [-0.4, -0.2) is 43.0 Å². The maximum Gasteiger partial charge on any atom is 0.340 e. The summed E-state index contributed by atoms with van der Waals surface area (Å²) >= 11 is 0. The second kappa shape index (κ2) is 10.3. The molecule has 0 unspecified atom stereocenters. The summed E-state index contributed by atoms with van der Waals surface area (Å²) in [4.78, 5) is 28.9. The summed E-state index contributed by atoms with van der Waals surface area (Å²) < 4.78 is 8.79. The van der Waals surface area contributed by atoms with Gasteiger partial charge < -0.3 is 10.1 Å². The lowest BCUT2D eigenvalue weighted by molar-refractivity contribution is -0.124. The van der Waals surface area contributed by atoms with Crippen molar-refractivity contribution in [3.05, 3.63) is 94.2 Å². The molecule has 0 fully saturated rings. The Balaban J connectivity index is 1.29. The van der Waals surface area contributed by atoms with Crippen molar-refractivity contribution in [2.75, 3.05) is 6.61 Å². The molecule has 9 heteroatoms. The van der Waals surface area contributed by atoms with Gasteiger partial charge in [0, 0.05) is 29.7 Å². The number of carbonyl (C=O) groups is 2. The van der Waals surface area contributed by atoms with Crippen LogP contribution in [-0.2, 0) is 22.6 Å². The summed E-state index contributed by atoms with van der Waals surface area (Å²) in [7, 11) is 0. The molecule has 4 rings (SSSR count). The summed E-state index contributed by atoms with van der Waals surface area (Å²) in [5, 5.41) is 11.8. The molecule has 1 N–H and O–H groups in total. The van der Waals surface area contributed by atoms with Crippen LogP contribution in [0.5, 0.6) is 0 Å². The molecule has 0 bridgehead atoms. The number of esters is 1. The normalized spacial score (nSPS) is 10.9. The number of carbonyl (C=O) groups excluding carboxylic acids is 2. The summed E-state index contributed by atoms with van der Waals surface area (Å²) in [5.41, 5.74) is 6.02.